The largest absolute Gasteiger partial charge is 0.394 e. The molecule has 0 aromatic rings. The van der Waals surface area contributed by atoms with Crippen molar-refractivity contribution in [1.82, 2.24) is 55.1 Å². The van der Waals surface area contributed by atoms with Crippen molar-refractivity contribution in [2.45, 2.75) is 249 Å². The molecule has 6 fully saturated rings. The van der Waals surface area contributed by atoms with Gasteiger partial charge in [-0.15, -0.1) is 0 Å². The Labute approximate surface area is 548 Å². The number of piperidine rings is 1. The molecule has 11 amide bonds. The van der Waals surface area contributed by atoms with Gasteiger partial charge in [0.25, 0.3) is 0 Å². The molecule has 6 rings (SSSR count). The number of fused-ring (bicyclic) bond motifs is 2. The average Bonchev–Trinajstić information content (AvgIpc) is 1.77. The summed E-state index contributed by atoms with van der Waals surface area (Å²) in [7, 11) is 8.69. The van der Waals surface area contributed by atoms with Gasteiger partial charge >= 0.3 is 6.18 Å². The second kappa shape index (κ2) is 33.5. The summed E-state index contributed by atoms with van der Waals surface area (Å²) in [6.07, 6.45) is 1.17. The molecule has 3 aliphatic heterocycles. The number of hydrogen-bond acceptors (Lipinski definition) is 11. The Morgan fingerprint density at radius 2 is 1.18 bits per heavy atom. The lowest BCUT2D eigenvalue weighted by atomic mass is 9.78. The van der Waals surface area contributed by atoms with Gasteiger partial charge in [-0.05, 0) is 119 Å². The van der Waals surface area contributed by atoms with Crippen LogP contribution in [0.2, 0.25) is 0 Å². The minimum atomic E-state index is -4.73. The molecule has 3 unspecified atom stereocenters. The molecule has 1 spiro atoms. The van der Waals surface area contributed by atoms with E-state index in [-0.39, 0.29) is 82.1 Å². The molecule has 3 N–H and O–H groups in total. The second-order valence-corrected chi connectivity index (χ2v) is 28.9. The first-order valence-corrected chi connectivity index (χ1v) is 34.5. The summed E-state index contributed by atoms with van der Waals surface area (Å²) >= 11 is 0. The third kappa shape index (κ3) is 19.3. The average molecular weight is 1320 g/mol. The van der Waals surface area contributed by atoms with E-state index in [9.17, 15) is 51.5 Å². The molecule has 3 saturated heterocycles. The normalized spacial score (nSPS) is 30.1. The van der Waals surface area contributed by atoms with Crippen LogP contribution in [-0.4, -0.2) is 239 Å². The zero-order valence-electron chi connectivity index (χ0n) is 57.5. The molecular weight excluding hydrogens is 1210 g/mol. The first kappa shape index (κ1) is 75.9. The summed E-state index contributed by atoms with van der Waals surface area (Å²) in [6, 6.07) is -7.46. The first-order valence-electron chi connectivity index (χ1n) is 34.5. The maximum absolute atomic E-state index is 15.3. The Morgan fingerprint density at radius 1 is 0.570 bits per heavy atom. The van der Waals surface area contributed by atoms with Crippen molar-refractivity contribution in [2.75, 3.05) is 75.0 Å². The van der Waals surface area contributed by atoms with Crippen molar-refractivity contribution in [3.05, 3.63) is 0 Å². The molecule has 3 aliphatic carbocycles. The number of halogens is 4. The molecule has 0 bridgehead atoms. The molecule has 526 valence electrons. The third-order valence-electron chi connectivity index (χ3n) is 21.2. The highest BCUT2D eigenvalue weighted by molar-refractivity contribution is 5.99. The van der Waals surface area contributed by atoms with Crippen LogP contribution in [0.3, 0.4) is 0 Å². The highest BCUT2D eigenvalue weighted by atomic mass is 19.4. The number of carbonyl (C=O) groups is 11. The van der Waals surface area contributed by atoms with Gasteiger partial charge in [-0.3, -0.25) is 52.7 Å². The van der Waals surface area contributed by atoms with Crippen molar-refractivity contribution in [1.29, 1.82) is 0 Å². The molecule has 0 aromatic heterocycles. The van der Waals surface area contributed by atoms with Crippen LogP contribution in [0.5, 0.6) is 0 Å². The molecule has 26 heteroatoms. The molecule has 0 radical (unpaired) electrons. The van der Waals surface area contributed by atoms with E-state index >= 15 is 18.8 Å². The van der Waals surface area contributed by atoms with Crippen molar-refractivity contribution in [3.8, 4) is 0 Å². The summed E-state index contributed by atoms with van der Waals surface area (Å²) in [5.74, 6) is -10.1. The molecule has 11 atom stereocenters. The standard InChI is InChI=1S/C67H109F4N11O11/c1-13-43(6)57-63(91)77(9)39-55(85)75(7)40-56(86)79(11)52(36-44-22-15-14-16-23-44)62(90)76(8)38-53(83)72-49(29-27-45-26-28-47(48(68)35-45)67(69,70)71)61(89)82-33-21-25-50(82)60(88)74-66(30-18-19-31-66)65(93)80(12)58(42(4)5)64(92)81-32-20-17-24-46(81)37-54(84)78(10)51(34-41(2)3)59(87)73-57/h41-52,57-58H,13-40H2,1-12H3,(H,72,83)(H,73,87)(H,74,88)/t43-,45?,46+,47?,48?,49-,50-,51-,52-,57-,58-/m0/s1. The Balaban J connectivity index is 1.37. The van der Waals surface area contributed by atoms with Gasteiger partial charge < -0.3 is 55.1 Å². The Hall–Kier alpha value is -6.11. The quantitative estimate of drug-likeness (QED) is 0.220. The molecule has 93 heavy (non-hydrogen) atoms. The van der Waals surface area contributed by atoms with Gasteiger partial charge in [0.05, 0.1) is 25.6 Å². The van der Waals surface area contributed by atoms with Crippen LogP contribution < -0.4 is 16.0 Å². The zero-order chi connectivity index (χ0) is 69.0. The van der Waals surface area contributed by atoms with Crippen LogP contribution in [0, 0.1) is 35.5 Å². The highest BCUT2D eigenvalue weighted by Gasteiger charge is 2.52. The molecular formula is C67H109F4N11O11. The van der Waals surface area contributed by atoms with E-state index in [1.165, 1.54) is 66.8 Å². The van der Waals surface area contributed by atoms with E-state index in [4.69, 9.17) is 0 Å². The molecule has 6 aliphatic rings. The van der Waals surface area contributed by atoms with E-state index in [1.54, 1.807) is 11.8 Å². The predicted octanol–water partition coefficient (Wildman–Crippen LogP) is 5.83. The number of alkyl halides is 4. The molecule has 0 aromatic carbocycles. The van der Waals surface area contributed by atoms with E-state index in [2.05, 4.69) is 16.0 Å². The van der Waals surface area contributed by atoms with Gasteiger partial charge in [-0.25, -0.2) is 4.39 Å². The number of nitrogens with zero attached hydrogens (tertiary/aromatic N) is 8. The Kier molecular flexibility index (Phi) is 27.4. The van der Waals surface area contributed by atoms with Crippen LogP contribution in [0.15, 0.2) is 0 Å². The number of nitrogens with one attached hydrogen (secondary N) is 3. The van der Waals surface area contributed by atoms with Crippen molar-refractivity contribution in [2.24, 2.45) is 35.5 Å². The second-order valence-electron chi connectivity index (χ2n) is 28.9. The summed E-state index contributed by atoms with van der Waals surface area (Å²) in [6.45, 7) is 9.83. The van der Waals surface area contributed by atoms with E-state index in [0.717, 1.165) is 41.9 Å². The molecule has 22 nitrogen and oxygen atoms in total. The summed E-state index contributed by atoms with van der Waals surface area (Å²) < 4.78 is 56.6. The lowest BCUT2D eigenvalue weighted by Crippen LogP contribution is -2.65. The monoisotopic (exact) mass is 1320 g/mol. The van der Waals surface area contributed by atoms with Crippen LogP contribution >= 0.6 is 0 Å². The fourth-order valence-corrected chi connectivity index (χ4v) is 15.2. The summed E-state index contributed by atoms with van der Waals surface area (Å²) in [5, 5.41) is 8.75. The van der Waals surface area contributed by atoms with E-state index < -0.39 is 175 Å². The maximum atomic E-state index is 15.3. The van der Waals surface area contributed by atoms with Gasteiger partial charge in [0.2, 0.25) is 65.0 Å². The fourth-order valence-electron chi connectivity index (χ4n) is 15.2. The number of carbonyl (C=O) groups excluding carboxylic acids is 11. The third-order valence-corrected chi connectivity index (χ3v) is 21.2. The van der Waals surface area contributed by atoms with Gasteiger partial charge in [-0.1, -0.05) is 92.9 Å². The maximum Gasteiger partial charge on any atom is 0.394 e. The van der Waals surface area contributed by atoms with Crippen LogP contribution in [-0.2, 0) is 52.7 Å². The zero-order valence-corrected chi connectivity index (χ0v) is 57.5. The van der Waals surface area contributed by atoms with Crippen LogP contribution in [0.25, 0.3) is 0 Å². The first-order chi connectivity index (χ1) is 43.7. The molecule has 3 heterocycles. The van der Waals surface area contributed by atoms with Gasteiger partial charge in [-0.2, -0.15) is 13.2 Å². The fraction of sp³-hybridized carbons (Fsp3) is 0.836. The number of amides is 11. The lowest BCUT2D eigenvalue weighted by Gasteiger charge is -2.43. The number of rotatable bonds is 10. The number of hydrogen-bond donors (Lipinski definition) is 3. The van der Waals surface area contributed by atoms with Crippen molar-refractivity contribution < 1.29 is 70.3 Å². The minimum Gasteiger partial charge on any atom is -0.343 e. The lowest BCUT2D eigenvalue weighted by molar-refractivity contribution is -0.201. The van der Waals surface area contributed by atoms with Gasteiger partial charge in [0.1, 0.15) is 48.0 Å². The van der Waals surface area contributed by atoms with Crippen molar-refractivity contribution >= 4 is 65.0 Å². The van der Waals surface area contributed by atoms with E-state index in [0.29, 0.717) is 51.5 Å². The Morgan fingerprint density at radius 3 is 1.80 bits per heavy atom. The summed E-state index contributed by atoms with van der Waals surface area (Å²) in [4.78, 5) is 172. The van der Waals surface area contributed by atoms with Crippen molar-refractivity contribution in [3.63, 3.8) is 0 Å². The van der Waals surface area contributed by atoms with Gasteiger partial charge in [0, 0.05) is 67.8 Å². The smallest absolute Gasteiger partial charge is 0.343 e. The summed E-state index contributed by atoms with van der Waals surface area (Å²) in [5.41, 5.74) is -1.49. The topological polar surface area (TPSA) is 250 Å². The number of likely N-dealkylation sites (N-methyl/N-ethyl adjacent to an activating group) is 6. The minimum absolute atomic E-state index is 0.0169. The predicted molar refractivity (Wildman–Crippen MR) is 340 cm³/mol. The Bertz CT molecular complexity index is 2650. The van der Waals surface area contributed by atoms with Crippen LogP contribution in [0.4, 0.5) is 17.6 Å². The van der Waals surface area contributed by atoms with Gasteiger partial charge in [0.15, 0.2) is 0 Å². The van der Waals surface area contributed by atoms with Crippen LogP contribution in [0.1, 0.15) is 189 Å². The SMILES string of the molecule is CC[C@H](C)[C@@H]1NC(=O)[C@H](CC(C)C)N(C)C(=O)C[C@H]2CCCCN2C(=O)[C@H](C(C)C)N(C)C(=O)C2(CCCC2)NC(=O)[C@@H]2CCCN2C(=O)[C@H](CCC2CCC(C(F)(F)F)C(F)C2)NC(=O)CN(C)C(=O)[C@H](CC2CCCCC2)N(C)C(=O)CN(C)C(=O)CN(C)C1=O. The molecule has 3 saturated carbocycles. The highest BCUT2D eigenvalue weighted by Crippen LogP contribution is 2.43. The van der Waals surface area contributed by atoms with E-state index in [1.807, 2.05) is 34.6 Å².